The molecule has 1 rings (SSSR count). The van der Waals surface area contributed by atoms with Gasteiger partial charge in [0.15, 0.2) is 5.78 Å². The molecule has 15 heavy (non-hydrogen) atoms. The van der Waals surface area contributed by atoms with E-state index in [2.05, 4.69) is 15.9 Å². The van der Waals surface area contributed by atoms with Crippen molar-refractivity contribution < 1.29 is 9.53 Å². The highest BCUT2D eigenvalue weighted by Crippen LogP contribution is 2.19. The molecule has 0 saturated heterocycles. The van der Waals surface area contributed by atoms with E-state index in [1.807, 2.05) is 13.8 Å². The molecule has 3 heteroatoms. The molecule has 0 aliphatic carbocycles. The molecule has 82 valence electrons. The Morgan fingerprint density at radius 2 is 1.80 bits per heavy atom. The number of ether oxygens (including phenoxy) is 1. The molecular formula is C12H15BrO2. The molecule has 0 radical (unpaired) electrons. The monoisotopic (exact) mass is 270 g/mol. The fourth-order valence-corrected chi connectivity index (χ4v) is 1.48. The lowest BCUT2D eigenvalue weighted by Gasteiger charge is -2.12. The summed E-state index contributed by atoms with van der Waals surface area (Å²) in [6.45, 7) is 4.03. The molecule has 1 aromatic rings. The normalized spacial score (nSPS) is 12.6. The molecule has 0 aliphatic rings. The smallest absolute Gasteiger partial charge is 0.176 e. The predicted octanol–water partition coefficient (Wildman–Crippen LogP) is 3.30. The summed E-state index contributed by atoms with van der Waals surface area (Å²) in [7, 11) is 1.61. The van der Waals surface area contributed by atoms with Crippen molar-refractivity contribution in [2.45, 2.75) is 18.7 Å². The summed E-state index contributed by atoms with van der Waals surface area (Å²) < 4.78 is 5.03. The maximum Gasteiger partial charge on any atom is 0.176 e. The second-order valence-electron chi connectivity index (χ2n) is 3.74. The fourth-order valence-electron chi connectivity index (χ4n) is 1.22. The van der Waals surface area contributed by atoms with Gasteiger partial charge in [0.05, 0.1) is 11.9 Å². The van der Waals surface area contributed by atoms with Gasteiger partial charge in [-0.1, -0.05) is 29.8 Å². The van der Waals surface area contributed by atoms with Crippen molar-refractivity contribution in [2.75, 3.05) is 7.11 Å². The average Bonchev–Trinajstić information content (AvgIpc) is 2.27. The average molecular weight is 271 g/mol. The van der Waals surface area contributed by atoms with E-state index in [4.69, 9.17) is 4.74 Å². The summed E-state index contributed by atoms with van der Waals surface area (Å²) in [4.78, 5) is 11.8. The number of Topliss-reactive ketones (excluding diaryl/α,β-unsaturated/α-hetero) is 1. The number of alkyl halides is 1. The molecule has 0 unspecified atom stereocenters. The van der Waals surface area contributed by atoms with Crippen LogP contribution < -0.4 is 4.74 Å². The van der Waals surface area contributed by atoms with Crippen LogP contribution in [0.25, 0.3) is 0 Å². The summed E-state index contributed by atoms with van der Waals surface area (Å²) in [5, 5.41) is 0. The van der Waals surface area contributed by atoms with Crippen molar-refractivity contribution in [3.63, 3.8) is 0 Å². The van der Waals surface area contributed by atoms with Crippen LogP contribution >= 0.6 is 15.9 Å². The van der Waals surface area contributed by atoms with Crippen LogP contribution in [-0.4, -0.2) is 17.7 Å². The number of halogens is 1. The molecule has 0 amide bonds. The van der Waals surface area contributed by atoms with Crippen LogP contribution in [0.5, 0.6) is 5.75 Å². The predicted molar refractivity (Wildman–Crippen MR) is 64.9 cm³/mol. The molecule has 0 fully saturated rings. The summed E-state index contributed by atoms with van der Waals surface area (Å²) in [6.07, 6.45) is 0. The van der Waals surface area contributed by atoms with Crippen LogP contribution in [0, 0.1) is 5.92 Å². The first-order valence-corrected chi connectivity index (χ1v) is 5.80. The van der Waals surface area contributed by atoms with E-state index < -0.39 is 0 Å². The maximum atomic E-state index is 11.9. The van der Waals surface area contributed by atoms with Crippen molar-refractivity contribution >= 4 is 21.7 Å². The molecule has 0 aliphatic heterocycles. The number of methoxy groups -OCH3 is 1. The Bertz CT molecular complexity index is 330. The Labute approximate surface area is 98.8 Å². The lowest BCUT2D eigenvalue weighted by Crippen LogP contribution is -2.19. The van der Waals surface area contributed by atoms with Gasteiger partial charge in [-0.3, -0.25) is 4.79 Å². The highest BCUT2D eigenvalue weighted by Gasteiger charge is 2.19. The van der Waals surface area contributed by atoms with Gasteiger partial charge in [0.2, 0.25) is 0 Å². The first kappa shape index (κ1) is 12.2. The molecule has 0 heterocycles. The first-order valence-electron chi connectivity index (χ1n) is 4.88. The minimum absolute atomic E-state index is 0.118. The molecule has 0 N–H and O–H groups in total. The molecule has 0 aromatic heterocycles. The zero-order valence-electron chi connectivity index (χ0n) is 9.16. The molecule has 1 aromatic carbocycles. The molecule has 0 spiro atoms. The van der Waals surface area contributed by atoms with E-state index in [9.17, 15) is 4.79 Å². The Kier molecular flexibility index (Phi) is 4.33. The van der Waals surface area contributed by atoms with Crippen LogP contribution in [-0.2, 0) is 0 Å². The van der Waals surface area contributed by atoms with Gasteiger partial charge in [0.25, 0.3) is 0 Å². The van der Waals surface area contributed by atoms with Crippen molar-refractivity contribution in [3.05, 3.63) is 29.8 Å². The number of benzene rings is 1. The van der Waals surface area contributed by atoms with Crippen molar-refractivity contribution in [1.82, 2.24) is 0 Å². The topological polar surface area (TPSA) is 26.3 Å². The largest absolute Gasteiger partial charge is 0.497 e. The molecule has 2 nitrogen and oxygen atoms in total. The van der Waals surface area contributed by atoms with Gasteiger partial charge in [-0.2, -0.15) is 0 Å². The zero-order chi connectivity index (χ0) is 11.4. The zero-order valence-corrected chi connectivity index (χ0v) is 10.7. The van der Waals surface area contributed by atoms with Crippen LogP contribution in [0.15, 0.2) is 24.3 Å². The number of hydrogen-bond donors (Lipinski definition) is 0. The summed E-state index contributed by atoms with van der Waals surface area (Å²) >= 11 is 3.40. The van der Waals surface area contributed by atoms with Gasteiger partial charge in [0, 0.05) is 5.56 Å². The third-order valence-electron chi connectivity index (χ3n) is 2.21. The SMILES string of the molecule is COc1ccc(C(=O)[C@@H](Br)C(C)C)cc1. The third-order valence-corrected chi connectivity index (χ3v) is 3.68. The minimum atomic E-state index is -0.120. The number of hydrogen-bond acceptors (Lipinski definition) is 2. The van der Waals surface area contributed by atoms with Crippen LogP contribution in [0.1, 0.15) is 24.2 Å². The summed E-state index contributed by atoms with van der Waals surface area (Å²) in [5.41, 5.74) is 0.714. The first-order chi connectivity index (χ1) is 7.06. The van der Waals surface area contributed by atoms with E-state index in [0.29, 0.717) is 11.5 Å². The fraction of sp³-hybridized carbons (Fsp3) is 0.417. The molecular weight excluding hydrogens is 256 g/mol. The van der Waals surface area contributed by atoms with Crippen molar-refractivity contribution in [3.8, 4) is 5.75 Å². The van der Waals surface area contributed by atoms with E-state index >= 15 is 0 Å². The summed E-state index contributed by atoms with van der Waals surface area (Å²) in [5.74, 6) is 1.18. The van der Waals surface area contributed by atoms with Gasteiger partial charge in [0.1, 0.15) is 5.75 Å². The highest BCUT2D eigenvalue weighted by molar-refractivity contribution is 9.10. The van der Waals surface area contributed by atoms with E-state index in [1.165, 1.54) is 0 Å². The number of carbonyl (C=O) groups is 1. The standard InChI is InChI=1S/C12H15BrO2/c1-8(2)11(13)12(14)9-4-6-10(15-3)7-5-9/h4-8,11H,1-3H3/t11-/m0/s1. The van der Waals surface area contributed by atoms with Crippen LogP contribution in [0.3, 0.4) is 0 Å². The van der Waals surface area contributed by atoms with Gasteiger partial charge in [-0.25, -0.2) is 0 Å². The second-order valence-corrected chi connectivity index (χ2v) is 4.73. The van der Waals surface area contributed by atoms with Crippen LogP contribution in [0.2, 0.25) is 0 Å². The highest BCUT2D eigenvalue weighted by atomic mass is 79.9. The quantitative estimate of drug-likeness (QED) is 0.620. The number of carbonyl (C=O) groups excluding carboxylic acids is 1. The maximum absolute atomic E-state index is 11.9. The lowest BCUT2D eigenvalue weighted by molar-refractivity contribution is 0.0978. The van der Waals surface area contributed by atoms with Crippen LogP contribution in [0.4, 0.5) is 0 Å². The van der Waals surface area contributed by atoms with Crippen molar-refractivity contribution in [1.29, 1.82) is 0 Å². The van der Waals surface area contributed by atoms with E-state index in [1.54, 1.807) is 31.4 Å². The number of ketones is 1. The third kappa shape index (κ3) is 3.06. The Morgan fingerprint density at radius 3 is 2.20 bits per heavy atom. The molecule has 0 bridgehead atoms. The second kappa shape index (κ2) is 5.31. The van der Waals surface area contributed by atoms with E-state index in [0.717, 1.165) is 5.75 Å². The molecule has 1 atom stereocenters. The summed E-state index contributed by atoms with van der Waals surface area (Å²) in [6, 6.07) is 7.18. The van der Waals surface area contributed by atoms with Gasteiger partial charge in [-0.05, 0) is 30.2 Å². The van der Waals surface area contributed by atoms with Crippen molar-refractivity contribution in [2.24, 2.45) is 5.92 Å². The lowest BCUT2D eigenvalue weighted by atomic mass is 10.0. The Hall–Kier alpha value is -0.830. The van der Waals surface area contributed by atoms with Gasteiger partial charge < -0.3 is 4.74 Å². The minimum Gasteiger partial charge on any atom is -0.497 e. The molecule has 0 saturated carbocycles. The Morgan fingerprint density at radius 1 is 1.27 bits per heavy atom. The van der Waals surface area contributed by atoms with Gasteiger partial charge >= 0.3 is 0 Å². The van der Waals surface area contributed by atoms with E-state index in [-0.39, 0.29) is 10.6 Å². The number of rotatable bonds is 4. The Balaban J connectivity index is 2.83. The van der Waals surface area contributed by atoms with Gasteiger partial charge in [-0.15, -0.1) is 0 Å².